The standard InChI is InChI=1S/C13H26N2O/c1-15(9-11-4-2-3-5-11)10-13(16)8-14-12-6-7-12/h11-14,16H,2-10H2,1H3. The van der Waals surface area contributed by atoms with Gasteiger partial charge in [0, 0.05) is 25.7 Å². The van der Waals surface area contributed by atoms with Crippen molar-refractivity contribution < 1.29 is 5.11 Å². The molecule has 2 rings (SSSR count). The summed E-state index contributed by atoms with van der Waals surface area (Å²) < 4.78 is 0. The Morgan fingerprint density at radius 1 is 1.25 bits per heavy atom. The number of nitrogens with zero attached hydrogens (tertiary/aromatic N) is 1. The Balaban J connectivity index is 1.55. The van der Waals surface area contributed by atoms with Gasteiger partial charge in [-0.1, -0.05) is 12.8 Å². The first-order chi connectivity index (χ1) is 7.74. The summed E-state index contributed by atoms with van der Waals surface area (Å²) in [7, 11) is 2.14. The number of likely N-dealkylation sites (N-methyl/N-ethyl adjacent to an activating group) is 1. The van der Waals surface area contributed by atoms with E-state index in [4.69, 9.17) is 0 Å². The molecule has 0 spiro atoms. The van der Waals surface area contributed by atoms with Gasteiger partial charge in [0.05, 0.1) is 6.10 Å². The summed E-state index contributed by atoms with van der Waals surface area (Å²) in [6.07, 6.45) is 7.98. The lowest BCUT2D eigenvalue weighted by Crippen LogP contribution is -2.38. The van der Waals surface area contributed by atoms with Crippen LogP contribution < -0.4 is 5.32 Å². The third kappa shape index (κ3) is 4.40. The number of hydrogen-bond donors (Lipinski definition) is 2. The average molecular weight is 226 g/mol. The van der Waals surface area contributed by atoms with Crippen LogP contribution in [-0.2, 0) is 0 Å². The lowest BCUT2D eigenvalue weighted by atomic mass is 10.1. The number of rotatable bonds is 7. The minimum atomic E-state index is -0.202. The molecule has 0 bridgehead atoms. The second-order valence-corrected chi connectivity index (χ2v) is 5.71. The van der Waals surface area contributed by atoms with E-state index in [0.29, 0.717) is 6.04 Å². The molecule has 2 fully saturated rings. The van der Waals surface area contributed by atoms with E-state index < -0.39 is 0 Å². The minimum absolute atomic E-state index is 0.202. The van der Waals surface area contributed by atoms with Crippen LogP contribution in [0.4, 0.5) is 0 Å². The van der Waals surface area contributed by atoms with Crippen LogP contribution in [-0.4, -0.2) is 48.8 Å². The highest BCUT2D eigenvalue weighted by atomic mass is 16.3. The Hall–Kier alpha value is -0.120. The van der Waals surface area contributed by atoms with Crippen molar-refractivity contribution in [1.82, 2.24) is 10.2 Å². The van der Waals surface area contributed by atoms with Crippen LogP contribution in [0.25, 0.3) is 0 Å². The van der Waals surface area contributed by atoms with Crippen LogP contribution in [0.5, 0.6) is 0 Å². The van der Waals surface area contributed by atoms with Crippen molar-refractivity contribution in [1.29, 1.82) is 0 Å². The second-order valence-electron chi connectivity index (χ2n) is 5.71. The largest absolute Gasteiger partial charge is 0.390 e. The first kappa shape index (κ1) is 12.3. The number of aliphatic hydroxyl groups excluding tert-OH is 1. The van der Waals surface area contributed by atoms with Gasteiger partial charge in [0.15, 0.2) is 0 Å². The van der Waals surface area contributed by atoms with E-state index in [1.807, 2.05) is 0 Å². The van der Waals surface area contributed by atoms with Gasteiger partial charge in [-0.2, -0.15) is 0 Å². The van der Waals surface area contributed by atoms with E-state index in [2.05, 4.69) is 17.3 Å². The maximum Gasteiger partial charge on any atom is 0.0791 e. The molecule has 0 heterocycles. The second kappa shape index (κ2) is 5.99. The van der Waals surface area contributed by atoms with Gasteiger partial charge in [-0.05, 0) is 38.6 Å². The highest BCUT2D eigenvalue weighted by Crippen LogP contribution is 2.25. The van der Waals surface area contributed by atoms with Crippen LogP contribution >= 0.6 is 0 Å². The molecule has 0 aromatic rings. The summed E-state index contributed by atoms with van der Waals surface area (Å²) in [6.45, 7) is 2.75. The predicted molar refractivity (Wildman–Crippen MR) is 66.5 cm³/mol. The molecule has 0 aliphatic heterocycles. The molecule has 3 nitrogen and oxygen atoms in total. The number of hydrogen-bond acceptors (Lipinski definition) is 3. The fraction of sp³-hybridized carbons (Fsp3) is 1.00. The molecular formula is C13H26N2O. The van der Waals surface area contributed by atoms with Gasteiger partial charge < -0.3 is 15.3 Å². The van der Waals surface area contributed by atoms with Crippen molar-refractivity contribution in [2.45, 2.75) is 50.7 Å². The van der Waals surface area contributed by atoms with E-state index in [0.717, 1.165) is 19.0 Å². The Morgan fingerprint density at radius 2 is 1.94 bits per heavy atom. The molecule has 0 aromatic heterocycles. The molecule has 0 saturated heterocycles. The first-order valence-corrected chi connectivity index (χ1v) is 6.84. The van der Waals surface area contributed by atoms with E-state index in [1.54, 1.807) is 0 Å². The third-order valence-electron chi connectivity index (χ3n) is 3.79. The van der Waals surface area contributed by atoms with E-state index in [9.17, 15) is 5.11 Å². The van der Waals surface area contributed by atoms with Crippen LogP contribution in [0.1, 0.15) is 38.5 Å². The van der Waals surface area contributed by atoms with Gasteiger partial charge in [0.25, 0.3) is 0 Å². The Morgan fingerprint density at radius 3 is 2.56 bits per heavy atom. The van der Waals surface area contributed by atoms with Gasteiger partial charge in [-0.3, -0.25) is 0 Å². The average Bonchev–Trinajstić information content (AvgIpc) is 2.94. The molecule has 2 aliphatic rings. The molecule has 1 atom stereocenters. The normalized spacial score (nSPS) is 24.2. The van der Waals surface area contributed by atoms with Crippen molar-refractivity contribution in [3.05, 3.63) is 0 Å². The Kier molecular flexibility index (Phi) is 4.62. The maximum absolute atomic E-state index is 9.87. The summed E-state index contributed by atoms with van der Waals surface area (Å²) in [6, 6.07) is 0.704. The van der Waals surface area contributed by atoms with Crippen molar-refractivity contribution >= 4 is 0 Å². The monoisotopic (exact) mass is 226 g/mol. The first-order valence-electron chi connectivity index (χ1n) is 6.84. The maximum atomic E-state index is 9.87. The topological polar surface area (TPSA) is 35.5 Å². The van der Waals surface area contributed by atoms with Crippen molar-refractivity contribution in [2.24, 2.45) is 5.92 Å². The predicted octanol–water partition coefficient (Wildman–Crippen LogP) is 1.22. The van der Waals surface area contributed by atoms with Crippen molar-refractivity contribution in [2.75, 3.05) is 26.7 Å². The van der Waals surface area contributed by atoms with Crippen molar-refractivity contribution in [3.8, 4) is 0 Å². The number of aliphatic hydroxyl groups is 1. The van der Waals surface area contributed by atoms with Gasteiger partial charge in [0.1, 0.15) is 0 Å². The van der Waals surface area contributed by atoms with Crippen LogP contribution in [0.2, 0.25) is 0 Å². The zero-order chi connectivity index (χ0) is 11.4. The van der Waals surface area contributed by atoms with Gasteiger partial charge in [-0.15, -0.1) is 0 Å². The number of nitrogens with one attached hydrogen (secondary N) is 1. The van der Waals surface area contributed by atoms with Gasteiger partial charge in [-0.25, -0.2) is 0 Å². The lowest BCUT2D eigenvalue weighted by Gasteiger charge is -2.23. The molecular weight excluding hydrogens is 200 g/mol. The Bertz CT molecular complexity index is 200. The molecule has 94 valence electrons. The summed E-state index contributed by atoms with van der Waals surface area (Å²) in [5, 5.41) is 13.2. The molecule has 2 aliphatic carbocycles. The molecule has 3 heteroatoms. The summed E-state index contributed by atoms with van der Waals surface area (Å²) in [4.78, 5) is 2.30. The lowest BCUT2D eigenvalue weighted by molar-refractivity contribution is 0.116. The van der Waals surface area contributed by atoms with E-state index in [1.165, 1.54) is 45.1 Å². The van der Waals surface area contributed by atoms with Crippen molar-refractivity contribution in [3.63, 3.8) is 0 Å². The summed E-state index contributed by atoms with van der Waals surface area (Å²) >= 11 is 0. The molecule has 2 saturated carbocycles. The molecule has 2 N–H and O–H groups in total. The van der Waals surface area contributed by atoms with Gasteiger partial charge in [0.2, 0.25) is 0 Å². The fourth-order valence-electron chi connectivity index (χ4n) is 2.72. The third-order valence-corrected chi connectivity index (χ3v) is 3.79. The van der Waals surface area contributed by atoms with Crippen LogP contribution in [0, 0.1) is 5.92 Å². The highest BCUT2D eigenvalue weighted by molar-refractivity contribution is 4.82. The Labute approximate surface area is 99.2 Å². The molecule has 1 unspecified atom stereocenters. The zero-order valence-electron chi connectivity index (χ0n) is 10.5. The van der Waals surface area contributed by atoms with E-state index in [-0.39, 0.29) is 6.10 Å². The van der Waals surface area contributed by atoms with E-state index >= 15 is 0 Å². The van der Waals surface area contributed by atoms with Crippen LogP contribution in [0.15, 0.2) is 0 Å². The molecule has 0 aromatic carbocycles. The van der Waals surface area contributed by atoms with Gasteiger partial charge >= 0.3 is 0 Å². The molecule has 16 heavy (non-hydrogen) atoms. The molecule has 0 amide bonds. The zero-order valence-corrected chi connectivity index (χ0v) is 10.5. The molecule has 0 radical (unpaired) electrons. The summed E-state index contributed by atoms with van der Waals surface area (Å²) in [5.74, 6) is 0.883. The van der Waals surface area contributed by atoms with Crippen LogP contribution in [0.3, 0.4) is 0 Å². The minimum Gasteiger partial charge on any atom is -0.390 e. The smallest absolute Gasteiger partial charge is 0.0791 e. The highest BCUT2D eigenvalue weighted by Gasteiger charge is 2.22. The SMILES string of the molecule is CN(CC(O)CNC1CC1)CC1CCCC1. The fourth-order valence-corrected chi connectivity index (χ4v) is 2.72. The quantitative estimate of drug-likeness (QED) is 0.685. The summed E-state index contributed by atoms with van der Waals surface area (Å²) in [5.41, 5.74) is 0.